The van der Waals surface area contributed by atoms with Crippen molar-refractivity contribution in [3.63, 3.8) is 0 Å². The number of hydrogen-bond acceptors (Lipinski definition) is 2. The summed E-state index contributed by atoms with van der Waals surface area (Å²) in [6, 6.07) is 10.6. The molecule has 0 bridgehead atoms. The van der Waals surface area contributed by atoms with Crippen molar-refractivity contribution in [1.29, 1.82) is 0 Å². The maximum atomic E-state index is 11.7. The summed E-state index contributed by atoms with van der Waals surface area (Å²) in [6.45, 7) is 6.54. The van der Waals surface area contributed by atoms with Gasteiger partial charge in [0.05, 0.1) is 0 Å². The first-order chi connectivity index (χ1) is 11.0. The minimum atomic E-state index is -0.0263. The van der Waals surface area contributed by atoms with Crippen molar-refractivity contribution in [3.8, 4) is 0 Å². The normalized spacial score (nSPS) is 11.9. The molecule has 134 valence electrons. The quantitative estimate of drug-likeness (QED) is 0.280. The van der Waals surface area contributed by atoms with E-state index < -0.39 is 0 Å². The largest absolute Gasteiger partial charge is 0.354 e. The van der Waals surface area contributed by atoms with E-state index in [1.165, 1.54) is 10.5 Å². The minimum absolute atomic E-state index is 0. The van der Waals surface area contributed by atoms with Gasteiger partial charge in [-0.2, -0.15) is 0 Å². The number of benzene rings is 1. The zero-order valence-electron chi connectivity index (χ0n) is 14.8. The number of amides is 1. The SMILES string of the molecule is C=CCNC(=NCC(=O)N(C)C)NC(C)CCc1ccccc1.I. The highest BCUT2D eigenvalue weighted by Gasteiger charge is 2.07. The van der Waals surface area contributed by atoms with E-state index in [1.54, 1.807) is 20.2 Å². The summed E-state index contributed by atoms with van der Waals surface area (Å²) < 4.78 is 0. The Morgan fingerprint density at radius 2 is 2.00 bits per heavy atom. The lowest BCUT2D eigenvalue weighted by atomic mass is 10.1. The molecule has 24 heavy (non-hydrogen) atoms. The molecule has 1 aromatic carbocycles. The number of nitrogens with one attached hydrogen (secondary N) is 2. The Morgan fingerprint density at radius 1 is 1.33 bits per heavy atom. The molecule has 0 aromatic heterocycles. The van der Waals surface area contributed by atoms with Crippen molar-refractivity contribution in [2.75, 3.05) is 27.2 Å². The molecule has 1 rings (SSSR count). The molecule has 2 N–H and O–H groups in total. The zero-order chi connectivity index (χ0) is 17.1. The van der Waals surface area contributed by atoms with Crippen LogP contribution in [-0.4, -0.2) is 50.0 Å². The number of carbonyl (C=O) groups excluding carboxylic acids is 1. The van der Waals surface area contributed by atoms with Crippen molar-refractivity contribution >= 4 is 35.8 Å². The van der Waals surface area contributed by atoms with Crippen LogP contribution in [0.15, 0.2) is 48.0 Å². The van der Waals surface area contributed by atoms with Crippen LogP contribution in [0.5, 0.6) is 0 Å². The maximum absolute atomic E-state index is 11.7. The fourth-order valence-electron chi connectivity index (χ4n) is 1.94. The fourth-order valence-corrected chi connectivity index (χ4v) is 1.94. The topological polar surface area (TPSA) is 56.7 Å². The molecule has 0 aliphatic heterocycles. The van der Waals surface area contributed by atoms with E-state index in [-0.39, 0.29) is 42.5 Å². The smallest absolute Gasteiger partial charge is 0.243 e. The first-order valence-electron chi connectivity index (χ1n) is 7.92. The summed E-state index contributed by atoms with van der Waals surface area (Å²) in [4.78, 5) is 17.5. The molecule has 0 spiro atoms. The van der Waals surface area contributed by atoms with Crippen LogP contribution in [0, 0.1) is 0 Å². The molecule has 1 aromatic rings. The molecule has 5 nitrogen and oxygen atoms in total. The van der Waals surface area contributed by atoms with Crippen LogP contribution in [-0.2, 0) is 11.2 Å². The number of hydrogen-bond donors (Lipinski definition) is 2. The van der Waals surface area contributed by atoms with Gasteiger partial charge in [-0.15, -0.1) is 30.6 Å². The number of halogens is 1. The molecule has 0 saturated carbocycles. The second kappa shape index (κ2) is 12.8. The number of aryl methyl sites for hydroxylation is 1. The molecule has 1 unspecified atom stereocenters. The van der Waals surface area contributed by atoms with E-state index in [0.717, 1.165) is 12.8 Å². The minimum Gasteiger partial charge on any atom is -0.354 e. The molecule has 0 radical (unpaired) electrons. The molecule has 0 saturated heterocycles. The second-order valence-electron chi connectivity index (χ2n) is 5.69. The van der Waals surface area contributed by atoms with E-state index >= 15 is 0 Å². The highest BCUT2D eigenvalue weighted by molar-refractivity contribution is 14.0. The number of rotatable bonds is 8. The summed E-state index contributed by atoms with van der Waals surface area (Å²) in [5.74, 6) is 0.613. The first kappa shape index (κ1) is 22.4. The van der Waals surface area contributed by atoms with Crippen molar-refractivity contribution < 1.29 is 4.79 Å². The second-order valence-corrected chi connectivity index (χ2v) is 5.69. The molecule has 0 heterocycles. The van der Waals surface area contributed by atoms with Gasteiger partial charge in [-0.05, 0) is 25.3 Å². The fraction of sp³-hybridized carbons (Fsp3) is 0.444. The summed E-state index contributed by atoms with van der Waals surface area (Å²) in [5, 5.41) is 6.48. The molecular formula is C18H29IN4O. The van der Waals surface area contributed by atoms with Gasteiger partial charge in [-0.25, -0.2) is 4.99 Å². The summed E-state index contributed by atoms with van der Waals surface area (Å²) >= 11 is 0. The van der Waals surface area contributed by atoms with E-state index in [9.17, 15) is 4.79 Å². The highest BCUT2D eigenvalue weighted by Crippen LogP contribution is 2.04. The maximum Gasteiger partial charge on any atom is 0.243 e. The molecule has 0 aliphatic rings. The Hall–Kier alpha value is -1.57. The van der Waals surface area contributed by atoms with Crippen molar-refractivity contribution in [2.45, 2.75) is 25.8 Å². The van der Waals surface area contributed by atoms with Gasteiger partial charge in [-0.3, -0.25) is 4.79 Å². The van der Waals surface area contributed by atoms with Gasteiger partial charge in [0.1, 0.15) is 6.54 Å². The molecule has 6 heteroatoms. The van der Waals surface area contributed by atoms with Gasteiger partial charge in [0, 0.05) is 26.7 Å². The van der Waals surface area contributed by atoms with Crippen molar-refractivity contribution in [3.05, 3.63) is 48.6 Å². The van der Waals surface area contributed by atoms with E-state index in [2.05, 4.69) is 53.4 Å². The van der Waals surface area contributed by atoms with Gasteiger partial charge >= 0.3 is 0 Å². The lowest BCUT2D eigenvalue weighted by Crippen LogP contribution is -2.43. The Balaban J connectivity index is 0.00000529. The number of aliphatic imine (C=N–C) groups is 1. The van der Waals surface area contributed by atoms with Gasteiger partial charge in [0.2, 0.25) is 5.91 Å². The van der Waals surface area contributed by atoms with Crippen LogP contribution in [0.2, 0.25) is 0 Å². The lowest BCUT2D eigenvalue weighted by molar-refractivity contribution is -0.127. The summed E-state index contributed by atoms with van der Waals surface area (Å²) in [7, 11) is 3.45. The third kappa shape index (κ3) is 9.54. The van der Waals surface area contributed by atoms with Crippen LogP contribution < -0.4 is 10.6 Å². The highest BCUT2D eigenvalue weighted by atomic mass is 127. The average Bonchev–Trinajstić information content (AvgIpc) is 2.55. The van der Waals surface area contributed by atoms with Crippen LogP contribution in [0.3, 0.4) is 0 Å². The zero-order valence-corrected chi connectivity index (χ0v) is 17.1. The molecular weight excluding hydrogens is 415 g/mol. The van der Waals surface area contributed by atoms with Gasteiger partial charge in [0.25, 0.3) is 0 Å². The van der Waals surface area contributed by atoms with E-state index in [1.807, 2.05) is 6.07 Å². The standard InChI is InChI=1S/C18H28N4O.HI/c1-5-13-19-18(20-14-17(23)22(3)4)21-15(2)11-12-16-9-7-6-8-10-16;/h5-10,15H,1,11-14H2,2-4H3,(H2,19,20,21);1H. The Labute approximate surface area is 162 Å². The molecule has 0 aliphatic carbocycles. The molecule has 1 amide bonds. The Kier molecular flexibility index (Phi) is 12.0. The molecule has 0 fully saturated rings. The first-order valence-corrected chi connectivity index (χ1v) is 7.92. The van der Waals surface area contributed by atoms with E-state index in [0.29, 0.717) is 12.5 Å². The van der Waals surface area contributed by atoms with Crippen LogP contribution in [0.25, 0.3) is 0 Å². The third-order valence-electron chi connectivity index (χ3n) is 3.38. The predicted octanol–water partition coefficient (Wildman–Crippen LogP) is 2.44. The number of likely N-dealkylation sites (N-methyl/N-ethyl adjacent to an activating group) is 1. The lowest BCUT2D eigenvalue weighted by Gasteiger charge is -2.18. The number of carbonyl (C=O) groups is 1. The molecule has 1 atom stereocenters. The summed E-state index contributed by atoms with van der Waals surface area (Å²) in [6.07, 6.45) is 3.75. The Morgan fingerprint density at radius 3 is 2.58 bits per heavy atom. The van der Waals surface area contributed by atoms with Crippen molar-refractivity contribution in [1.82, 2.24) is 15.5 Å². The van der Waals surface area contributed by atoms with Gasteiger partial charge in [-0.1, -0.05) is 36.4 Å². The van der Waals surface area contributed by atoms with E-state index in [4.69, 9.17) is 0 Å². The summed E-state index contributed by atoms with van der Waals surface area (Å²) in [5.41, 5.74) is 1.32. The van der Waals surface area contributed by atoms with Crippen LogP contribution in [0.4, 0.5) is 0 Å². The average molecular weight is 444 g/mol. The third-order valence-corrected chi connectivity index (χ3v) is 3.38. The Bertz CT molecular complexity index is 517. The van der Waals surface area contributed by atoms with Gasteiger partial charge in [0.15, 0.2) is 5.96 Å². The number of guanidine groups is 1. The monoisotopic (exact) mass is 444 g/mol. The number of nitrogens with zero attached hydrogens (tertiary/aromatic N) is 2. The van der Waals surface area contributed by atoms with Crippen LogP contribution >= 0.6 is 24.0 Å². The van der Waals surface area contributed by atoms with Gasteiger partial charge < -0.3 is 15.5 Å². The van der Waals surface area contributed by atoms with Crippen molar-refractivity contribution in [2.24, 2.45) is 4.99 Å². The van der Waals surface area contributed by atoms with Crippen LogP contribution in [0.1, 0.15) is 18.9 Å². The predicted molar refractivity (Wildman–Crippen MR) is 112 cm³/mol.